The third-order valence-electron chi connectivity index (χ3n) is 13.7. The normalized spacial score (nSPS) is 14.3. The fourth-order valence-electron chi connectivity index (χ4n) is 9.62. The van der Waals surface area contributed by atoms with E-state index in [1.807, 2.05) is 113 Å². The molecule has 0 unspecified atom stereocenters. The van der Waals surface area contributed by atoms with E-state index >= 15 is 4.39 Å². The van der Waals surface area contributed by atoms with Crippen LogP contribution in [0.2, 0.25) is 30.7 Å². The zero-order chi connectivity index (χ0) is 54.8. The number of hydrogen-bond acceptors (Lipinski definition) is 12. The lowest BCUT2D eigenvalue weighted by molar-refractivity contribution is 0.0240. The first-order valence-corrected chi connectivity index (χ1v) is 31.8. The van der Waals surface area contributed by atoms with Gasteiger partial charge >= 0.3 is 17.9 Å². The Balaban J connectivity index is 1.20. The van der Waals surface area contributed by atoms with Gasteiger partial charge in [-0.1, -0.05) is 133 Å². The quantitative estimate of drug-likeness (QED) is 0.0721. The summed E-state index contributed by atoms with van der Waals surface area (Å²) in [5.41, 5.74) is 3.25. The van der Waals surface area contributed by atoms with E-state index < -0.39 is 50.2 Å². The maximum Gasteiger partial charge on any atom is 0.410 e. The Morgan fingerprint density at radius 2 is 1.49 bits per heavy atom. The molecule has 1 fully saturated rings. The van der Waals surface area contributed by atoms with Crippen molar-refractivity contribution >= 4 is 55.5 Å². The Hall–Kier alpha value is -6.61. The number of nitrogens with zero attached hydrogens (tertiary/aromatic N) is 8. The van der Waals surface area contributed by atoms with Crippen molar-refractivity contribution in [2.45, 2.75) is 130 Å². The first-order chi connectivity index (χ1) is 35.8. The number of benzene rings is 3. The summed E-state index contributed by atoms with van der Waals surface area (Å²) in [7, 11) is -4.63. The van der Waals surface area contributed by atoms with E-state index in [1.54, 1.807) is 17.9 Å². The predicted molar refractivity (Wildman–Crippen MR) is 302 cm³/mol. The number of aromatic nitrogens is 6. The molecule has 0 radical (unpaired) electrons. The van der Waals surface area contributed by atoms with E-state index in [9.17, 15) is 9.59 Å². The molecule has 1 atom stereocenters. The number of carbonyl (C=O) groups is 2. The SMILES string of the molecule is C[C@@H](NC(=O)c1nc(C(C)(C)C)no1)c1ccc(-c2ncnc3c2cc(-c2ccc(N4CCN(C(=O)OC(C)(C)C)CC4)cn2)n3COCC[Si](C)(C)C)c(F)c1CO[Si](c1ccccc1)(c1ccccc1)C(C)(C)C. The minimum absolute atomic E-state index is 0.130. The number of pyridine rings is 1. The minimum Gasteiger partial charge on any atom is -0.444 e. The highest BCUT2D eigenvalue weighted by Crippen LogP contribution is 2.40. The van der Waals surface area contributed by atoms with Crippen molar-refractivity contribution in [3.8, 4) is 22.6 Å². The van der Waals surface area contributed by atoms with Gasteiger partial charge in [-0.05, 0) is 79.0 Å². The molecule has 1 aliphatic heterocycles. The van der Waals surface area contributed by atoms with E-state index in [-0.39, 0.29) is 36.4 Å². The molecule has 18 heteroatoms. The molecular weight excluding hydrogens is 994 g/mol. The Bertz CT molecular complexity index is 3100. The topological polar surface area (TPSA) is 163 Å². The van der Waals surface area contributed by atoms with E-state index in [4.69, 9.17) is 33.4 Å². The lowest BCUT2D eigenvalue weighted by Gasteiger charge is -2.43. The Kier molecular flexibility index (Phi) is 16.2. The summed E-state index contributed by atoms with van der Waals surface area (Å²) in [5.74, 6) is -0.917. The molecule has 0 spiro atoms. The molecule has 7 aromatic rings. The van der Waals surface area contributed by atoms with Gasteiger partial charge in [-0.25, -0.2) is 19.2 Å². The molecule has 1 saturated heterocycles. The Morgan fingerprint density at radius 1 is 0.829 bits per heavy atom. The lowest BCUT2D eigenvalue weighted by atomic mass is 9.96. The van der Waals surface area contributed by atoms with Crippen molar-refractivity contribution in [3.63, 3.8) is 0 Å². The third kappa shape index (κ3) is 12.3. The van der Waals surface area contributed by atoms with Crippen LogP contribution < -0.4 is 20.6 Å². The van der Waals surface area contributed by atoms with Crippen LogP contribution in [0, 0.1) is 5.82 Å². The molecule has 0 aliphatic carbocycles. The fraction of sp³-hybridized carbons (Fsp3) is 0.431. The molecule has 8 rings (SSSR count). The van der Waals surface area contributed by atoms with Crippen molar-refractivity contribution in [3.05, 3.63) is 132 Å². The number of piperazine rings is 1. The number of fused-ring (bicyclic) bond motifs is 1. The molecule has 1 N–H and O–H groups in total. The maximum atomic E-state index is 18.4. The number of anilines is 1. The van der Waals surface area contributed by atoms with Gasteiger partial charge in [-0.3, -0.25) is 14.3 Å². The average molecular weight is 1070 g/mol. The summed E-state index contributed by atoms with van der Waals surface area (Å²) in [4.78, 5) is 49.6. The van der Waals surface area contributed by atoms with Crippen LogP contribution in [0.15, 0.2) is 108 Å². The Morgan fingerprint density at radius 3 is 2.05 bits per heavy atom. The van der Waals surface area contributed by atoms with Crippen molar-refractivity contribution in [1.29, 1.82) is 0 Å². The Labute approximate surface area is 448 Å². The van der Waals surface area contributed by atoms with Gasteiger partial charge in [0.25, 0.3) is 8.32 Å². The fourth-order valence-corrected chi connectivity index (χ4v) is 14.9. The summed E-state index contributed by atoms with van der Waals surface area (Å²) >= 11 is 0. The summed E-state index contributed by atoms with van der Waals surface area (Å²) < 4.78 is 45.2. The second kappa shape index (κ2) is 22.2. The number of nitrogens with one attached hydrogen (secondary N) is 1. The largest absolute Gasteiger partial charge is 0.444 e. The molecule has 1 aliphatic rings. The van der Waals surface area contributed by atoms with Crippen molar-refractivity contribution < 1.29 is 32.4 Å². The van der Waals surface area contributed by atoms with Crippen molar-refractivity contribution in [2.75, 3.05) is 37.7 Å². The van der Waals surface area contributed by atoms with Crippen LogP contribution in [0.1, 0.15) is 103 Å². The monoisotopic (exact) mass is 1070 g/mol. The number of hydrogen-bond donors (Lipinski definition) is 1. The van der Waals surface area contributed by atoms with E-state index in [0.29, 0.717) is 66.6 Å². The summed E-state index contributed by atoms with van der Waals surface area (Å²) in [6, 6.07) is 30.2. The molecule has 402 valence electrons. The number of rotatable bonds is 16. The van der Waals surface area contributed by atoms with Gasteiger partial charge in [0.2, 0.25) is 0 Å². The molecule has 2 amide bonds. The highest BCUT2D eigenvalue weighted by atomic mass is 28.4. The van der Waals surface area contributed by atoms with Crippen molar-refractivity contribution in [2.24, 2.45) is 0 Å². The zero-order valence-corrected chi connectivity index (χ0v) is 48.5. The number of halogens is 1. The van der Waals surface area contributed by atoms with Gasteiger partial charge in [-0.15, -0.1) is 0 Å². The van der Waals surface area contributed by atoms with Crippen LogP contribution in [0.5, 0.6) is 0 Å². The van der Waals surface area contributed by atoms with E-state index in [0.717, 1.165) is 27.8 Å². The van der Waals surface area contributed by atoms with Crippen LogP contribution >= 0.6 is 0 Å². The zero-order valence-electron chi connectivity index (χ0n) is 46.5. The molecule has 76 heavy (non-hydrogen) atoms. The third-order valence-corrected chi connectivity index (χ3v) is 20.4. The number of amides is 2. The summed E-state index contributed by atoms with van der Waals surface area (Å²) in [6.45, 7) is 29.6. The van der Waals surface area contributed by atoms with Crippen LogP contribution in [0.3, 0.4) is 0 Å². The maximum absolute atomic E-state index is 18.4. The second-order valence-electron chi connectivity index (χ2n) is 23.9. The molecular formula is C58H74FN9O6Si2. The van der Waals surface area contributed by atoms with Gasteiger partial charge in [0, 0.05) is 62.8 Å². The van der Waals surface area contributed by atoms with Gasteiger partial charge in [0.05, 0.1) is 41.6 Å². The van der Waals surface area contributed by atoms with Crippen LogP contribution in [-0.4, -0.2) is 101 Å². The highest BCUT2D eigenvalue weighted by molar-refractivity contribution is 6.99. The molecule has 0 bridgehead atoms. The van der Waals surface area contributed by atoms with Crippen LogP contribution in [-0.2, 0) is 32.7 Å². The molecule has 0 saturated carbocycles. The summed E-state index contributed by atoms with van der Waals surface area (Å²) in [6.07, 6.45) is 2.99. The minimum atomic E-state index is -3.21. The highest BCUT2D eigenvalue weighted by Gasteiger charge is 2.50. The van der Waals surface area contributed by atoms with Crippen LogP contribution in [0.4, 0.5) is 14.9 Å². The van der Waals surface area contributed by atoms with E-state index in [2.05, 4.69) is 85.0 Å². The van der Waals surface area contributed by atoms with Gasteiger partial charge in [-0.2, -0.15) is 4.98 Å². The molecule has 5 heterocycles. The van der Waals surface area contributed by atoms with Crippen molar-refractivity contribution in [1.82, 2.24) is 39.9 Å². The first-order valence-electron chi connectivity index (χ1n) is 26.2. The molecule has 4 aromatic heterocycles. The number of carbonyl (C=O) groups excluding carboxylic acids is 2. The second-order valence-corrected chi connectivity index (χ2v) is 33.9. The summed E-state index contributed by atoms with van der Waals surface area (Å²) in [5, 5.41) is 9.35. The van der Waals surface area contributed by atoms with Crippen LogP contribution in [0.25, 0.3) is 33.7 Å². The molecule has 3 aromatic carbocycles. The predicted octanol–water partition coefficient (Wildman–Crippen LogP) is 10.9. The van der Waals surface area contributed by atoms with Gasteiger partial charge in [0.1, 0.15) is 30.1 Å². The van der Waals surface area contributed by atoms with Gasteiger partial charge in [0.15, 0.2) is 5.82 Å². The molecule has 15 nitrogen and oxygen atoms in total. The number of ether oxygens (including phenoxy) is 2. The van der Waals surface area contributed by atoms with Gasteiger partial charge < -0.3 is 33.5 Å². The average Bonchev–Trinajstić information content (AvgIpc) is 4.08. The smallest absolute Gasteiger partial charge is 0.410 e. The standard InChI is InChI=1S/C58H74FN9O6Si2/c1-39(63-52(69)53-64-54(65-74-53)56(2,3)4)43-25-26-44(49(59)46(43)36-72-76(58(8,9)10,41-20-16-14-17-21-41)42-22-18-15-19-23-42)50-45-34-48(68(51(45)62-37-61-50)38-71-32-33-75(11,12)13)47-27-24-40(35-60-47)66-28-30-67(31-29-66)55(70)73-57(5,6)7/h14-27,34-35,37,39H,28-33,36,38H2,1-13H3,(H,63,69)/t39-/m1/s1. The lowest BCUT2D eigenvalue weighted by Crippen LogP contribution is -2.66. The van der Waals surface area contributed by atoms with E-state index in [1.165, 1.54) is 6.33 Å². The first kappa shape index (κ1) is 55.6.